The number of rotatable bonds is 6. The molecule has 3 nitrogen and oxygen atoms in total. The van der Waals surface area contributed by atoms with Gasteiger partial charge >= 0.3 is 6.18 Å². The largest absolute Gasteiger partial charge is 0.416 e. The van der Waals surface area contributed by atoms with Crippen LogP contribution in [-0.4, -0.2) is 0 Å². The van der Waals surface area contributed by atoms with Gasteiger partial charge in [-0.05, 0) is 36.1 Å². The van der Waals surface area contributed by atoms with Crippen LogP contribution < -0.4 is 17.0 Å². The predicted octanol–water partition coefficient (Wildman–Crippen LogP) is 3.62. The summed E-state index contributed by atoms with van der Waals surface area (Å²) < 4.78 is 38.3. The number of nitrogens with two attached hydrogens (primary N) is 2. The van der Waals surface area contributed by atoms with Crippen molar-refractivity contribution < 1.29 is 13.2 Å². The van der Waals surface area contributed by atoms with E-state index in [1.165, 1.54) is 6.07 Å². The maximum absolute atomic E-state index is 12.8. The molecule has 1 aromatic carbocycles. The van der Waals surface area contributed by atoms with Crippen molar-refractivity contribution in [1.82, 2.24) is 5.43 Å². The molecule has 0 aliphatic heterocycles. The summed E-state index contributed by atoms with van der Waals surface area (Å²) in [6.45, 7) is 4.11. The van der Waals surface area contributed by atoms with Crippen LogP contribution in [0.2, 0.25) is 0 Å². The van der Waals surface area contributed by atoms with Crippen molar-refractivity contribution in [3.8, 4) is 0 Å². The zero-order valence-corrected chi connectivity index (χ0v) is 11.8. The summed E-state index contributed by atoms with van der Waals surface area (Å²) >= 11 is 0. The van der Waals surface area contributed by atoms with Crippen molar-refractivity contribution in [2.75, 3.05) is 5.73 Å². The fraction of sp³-hybridized carbons (Fsp3) is 0.571. The summed E-state index contributed by atoms with van der Waals surface area (Å²) in [5.41, 5.74) is 8.43. The highest BCUT2D eigenvalue weighted by molar-refractivity contribution is 5.50. The highest BCUT2D eigenvalue weighted by atomic mass is 19.4. The van der Waals surface area contributed by atoms with E-state index in [0.29, 0.717) is 23.6 Å². The zero-order valence-electron chi connectivity index (χ0n) is 11.8. The van der Waals surface area contributed by atoms with E-state index in [2.05, 4.69) is 19.3 Å². The highest BCUT2D eigenvalue weighted by Gasteiger charge is 2.31. The Morgan fingerprint density at radius 2 is 1.80 bits per heavy atom. The Labute approximate surface area is 117 Å². The van der Waals surface area contributed by atoms with Crippen molar-refractivity contribution in [1.29, 1.82) is 0 Å². The van der Waals surface area contributed by atoms with Crippen LogP contribution >= 0.6 is 0 Å². The summed E-state index contributed by atoms with van der Waals surface area (Å²) in [7, 11) is 0. The molecule has 0 radical (unpaired) electrons. The van der Waals surface area contributed by atoms with E-state index in [9.17, 15) is 13.2 Å². The lowest BCUT2D eigenvalue weighted by Gasteiger charge is -2.23. The Bertz CT molecular complexity index is 428. The van der Waals surface area contributed by atoms with Crippen molar-refractivity contribution in [3.63, 3.8) is 0 Å². The maximum Gasteiger partial charge on any atom is 0.416 e. The van der Waals surface area contributed by atoms with Crippen molar-refractivity contribution in [2.24, 2.45) is 11.8 Å². The monoisotopic (exact) mass is 289 g/mol. The standard InChI is InChI=1S/C14H22F3N3/c1-3-9(4-2)7-13(20-19)11-8-10(14(15,16)17)5-6-12(11)18/h5-6,8-9,13,20H,3-4,7,18-19H2,1-2H3. The third-order valence-corrected chi connectivity index (χ3v) is 3.71. The first-order chi connectivity index (χ1) is 9.33. The maximum atomic E-state index is 12.8. The minimum atomic E-state index is -4.38. The molecule has 0 amide bonds. The molecule has 0 saturated carbocycles. The first kappa shape index (κ1) is 16.8. The summed E-state index contributed by atoms with van der Waals surface area (Å²) in [5, 5.41) is 0. The third kappa shape index (κ3) is 4.11. The van der Waals surface area contributed by atoms with Crippen LogP contribution in [0.5, 0.6) is 0 Å². The minimum absolute atomic E-state index is 0.326. The Morgan fingerprint density at radius 1 is 1.20 bits per heavy atom. The molecule has 1 atom stereocenters. The van der Waals surface area contributed by atoms with Gasteiger partial charge in [0.2, 0.25) is 0 Å². The van der Waals surface area contributed by atoms with Crippen LogP contribution in [0.25, 0.3) is 0 Å². The van der Waals surface area contributed by atoms with Crippen LogP contribution in [0.4, 0.5) is 18.9 Å². The molecule has 1 aromatic rings. The lowest BCUT2D eigenvalue weighted by Crippen LogP contribution is -2.30. The van der Waals surface area contributed by atoms with E-state index in [1.54, 1.807) is 0 Å². The second kappa shape index (κ2) is 6.95. The molecule has 20 heavy (non-hydrogen) atoms. The molecule has 0 aliphatic rings. The average molecular weight is 289 g/mol. The molecule has 114 valence electrons. The van der Waals surface area contributed by atoms with Crippen molar-refractivity contribution in [2.45, 2.75) is 45.3 Å². The molecule has 1 rings (SSSR count). The Kier molecular flexibility index (Phi) is 5.83. The smallest absolute Gasteiger partial charge is 0.398 e. The van der Waals surface area contributed by atoms with Gasteiger partial charge in [0, 0.05) is 11.7 Å². The van der Waals surface area contributed by atoms with Crippen LogP contribution in [0.15, 0.2) is 18.2 Å². The zero-order chi connectivity index (χ0) is 15.3. The van der Waals surface area contributed by atoms with Gasteiger partial charge in [-0.2, -0.15) is 13.2 Å². The van der Waals surface area contributed by atoms with E-state index in [-0.39, 0.29) is 6.04 Å². The summed E-state index contributed by atoms with van der Waals surface area (Å²) in [4.78, 5) is 0. The van der Waals surface area contributed by atoms with Crippen LogP contribution in [0, 0.1) is 5.92 Å². The van der Waals surface area contributed by atoms with Gasteiger partial charge < -0.3 is 5.73 Å². The molecular formula is C14H22F3N3. The number of nitrogen functional groups attached to an aromatic ring is 1. The Morgan fingerprint density at radius 3 is 2.25 bits per heavy atom. The molecule has 0 bridgehead atoms. The van der Waals surface area contributed by atoms with Gasteiger partial charge in [-0.3, -0.25) is 11.3 Å². The van der Waals surface area contributed by atoms with E-state index >= 15 is 0 Å². The quantitative estimate of drug-likeness (QED) is 0.426. The lowest BCUT2D eigenvalue weighted by molar-refractivity contribution is -0.137. The summed E-state index contributed by atoms with van der Waals surface area (Å²) in [6, 6.07) is 2.99. The molecular weight excluding hydrogens is 267 g/mol. The van der Waals surface area contributed by atoms with Crippen LogP contribution in [-0.2, 0) is 6.18 Å². The molecule has 0 fully saturated rings. The molecule has 0 saturated heterocycles. The fourth-order valence-corrected chi connectivity index (χ4v) is 2.29. The summed E-state index contributed by atoms with van der Waals surface area (Å²) in [6.07, 6.45) is -1.81. The predicted molar refractivity (Wildman–Crippen MR) is 74.6 cm³/mol. The minimum Gasteiger partial charge on any atom is -0.398 e. The number of hydrogen-bond donors (Lipinski definition) is 3. The SMILES string of the molecule is CCC(CC)CC(NN)c1cc(C(F)(F)F)ccc1N. The number of alkyl halides is 3. The normalized spacial score (nSPS) is 13.8. The van der Waals surface area contributed by atoms with Crippen molar-refractivity contribution in [3.05, 3.63) is 29.3 Å². The number of hydrogen-bond acceptors (Lipinski definition) is 3. The average Bonchev–Trinajstić information content (AvgIpc) is 2.40. The number of halogens is 3. The topological polar surface area (TPSA) is 64.1 Å². The van der Waals surface area contributed by atoms with Gasteiger partial charge in [0.25, 0.3) is 0 Å². The first-order valence-electron chi connectivity index (χ1n) is 6.76. The van der Waals surface area contributed by atoms with Crippen LogP contribution in [0.1, 0.15) is 50.3 Å². The molecule has 0 spiro atoms. The van der Waals surface area contributed by atoms with Gasteiger partial charge in [-0.25, -0.2) is 0 Å². The van der Waals surface area contributed by atoms with Gasteiger partial charge in [-0.15, -0.1) is 0 Å². The highest BCUT2D eigenvalue weighted by Crippen LogP contribution is 2.35. The first-order valence-corrected chi connectivity index (χ1v) is 6.76. The molecule has 0 heterocycles. The number of anilines is 1. The number of nitrogens with one attached hydrogen (secondary N) is 1. The van der Waals surface area contributed by atoms with E-state index < -0.39 is 11.7 Å². The van der Waals surface area contributed by atoms with Gasteiger partial charge in [0.15, 0.2) is 0 Å². The van der Waals surface area contributed by atoms with E-state index in [4.69, 9.17) is 11.6 Å². The summed E-state index contributed by atoms with van der Waals surface area (Å²) in [5.74, 6) is 5.90. The molecule has 0 aliphatic carbocycles. The second-order valence-corrected chi connectivity index (χ2v) is 4.98. The molecule has 6 heteroatoms. The van der Waals surface area contributed by atoms with E-state index in [0.717, 1.165) is 25.0 Å². The van der Waals surface area contributed by atoms with Gasteiger partial charge in [0.05, 0.1) is 5.56 Å². The lowest BCUT2D eigenvalue weighted by atomic mass is 9.90. The molecule has 0 aromatic heterocycles. The number of benzene rings is 1. The fourth-order valence-electron chi connectivity index (χ4n) is 2.29. The van der Waals surface area contributed by atoms with Crippen LogP contribution in [0.3, 0.4) is 0 Å². The van der Waals surface area contributed by atoms with Gasteiger partial charge in [-0.1, -0.05) is 26.7 Å². The molecule has 1 unspecified atom stereocenters. The molecule has 5 N–H and O–H groups in total. The second-order valence-electron chi connectivity index (χ2n) is 4.98. The van der Waals surface area contributed by atoms with Gasteiger partial charge in [0.1, 0.15) is 0 Å². The Balaban J connectivity index is 3.08. The third-order valence-electron chi connectivity index (χ3n) is 3.71. The van der Waals surface area contributed by atoms with E-state index in [1.807, 2.05) is 0 Å². The Hall–Kier alpha value is -1.27. The van der Waals surface area contributed by atoms with Crippen molar-refractivity contribution >= 4 is 5.69 Å². The number of hydrazine groups is 1.